The van der Waals surface area contributed by atoms with Crippen molar-refractivity contribution in [3.05, 3.63) is 12.7 Å². The van der Waals surface area contributed by atoms with Crippen molar-refractivity contribution < 1.29 is 5.11 Å². The molecule has 0 radical (unpaired) electrons. The Kier molecular flexibility index (Phi) is 5.02. The number of hydrogen-bond acceptors (Lipinski definition) is 1. The third-order valence-corrected chi connectivity index (χ3v) is 2.57. The van der Waals surface area contributed by atoms with Crippen molar-refractivity contribution >= 4 is 16.1 Å². The molecular weight excluding hydrogens is 150 g/mol. The normalized spacial score (nSPS) is 15.4. The third kappa shape index (κ3) is 2.97. The van der Waals surface area contributed by atoms with Crippen LogP contribution in [-0.4, -0.2) is 16.6 Å². The zero-order valence-electron chi connectivity index (χ0n) is 4.94. The molecule has 0 heterocycles. The molecule has 0 aliphatic heterocycles. The van der Waals surface area contributed by atoms with E-state index in [0.29, 0.717) is 16.1 Å². The first-order chi connectivity index (χ1) is 4.26. The van der Waals surface area contributed by atoms with E-state index in [-0.39, 0.29) is 5.66 Å². The van der Waals surface area contributed by atoms with Gasteiger partial charge in [0, 0.05) is 0 Å². The van der Waals surface area contributed by atoms with Crippen molar-refractivity contribution in [2.24, 2.45) is 0 Å². The molecule has 0 aromatic rings. The van der Waals surface area contributed by atoms with E-state index >= 15 is 0 Å². The van der Waals surface area contributed by atoms with Gasteiger partial charge in [-0.05, 0) is 0 Å². The SMILES string of the molecule is C#[P+]C(O)C(C=C)[P+]#C. The van der Waals surface area contributed by atoms with Crippen molar-refractivity contribution in [3.63, 3.8) is 0 Å². The summed E-state index contributed by atoms with van der Waals surface area (Å²) in [5, 5.41) is 9.02. The summed E-state index contributed by atoms with van der Waals surface area (Å²) in [6, 6.07) is 0. The first-order valence-electron chi connectivity index (χ1n) is 2.37. The Hall–Kier alpha value is 0.120. The molecule has 0 aliphatic carbocycles. The van der Waals surface area contributed by atoms with E-state index in [4.69, 9.17) is 17.4 Å². The quantitative estimate of drug-likeness (QED) is 0.480. The maximum absolute atomic E-state index is 9.02. The van der Waals surface area contributed by atoms with Crippen LogP contribution in [0, 0.1) is 12.3 Å². The summed E-state index contributed by atoms with van der Waals surface area (Å²) in [5.41, 5.74) is -0.100. The molecule has 2 unspecified atom stereocenters. The second-order valence-electron chi connectivity index (χ2n) is 1.44. The average Bonchev–Trinajstić information content (AvgIpc) is 1.90. The van der Waals surface area contributed by atoms with Crippen LogP contribution >= 0.6 is 16.1 Å². The predicted molar refractivity (Wildman–Crippen MR) is 43.7 cm³/mol. The van der Waals surface area contributed by atoms with Gasteiger partial charge in [-0.1, -0.05) is 0 Å². The topological polar surface area (TPSA) is 20.2 Å². The van der Waals surface area contributed by atoms with E-state index in [1.165, 1.54) is 0 Å². The van der Waals surface area contributed by atoms with Gasteiger partial charge in [-0.3, -0.25) is 0 Å². The standard InChI is InChI=1S/C6H8OP2/c1-4-5(8-2)6(7)9-3/h2-7H,1H2/q+2. The molecule has 2 atom stereocenters. The predicted octanol–water partition coefficient (Wildman–Crippen LogP) is 1.93. The second-order valence-corrected chi connectivity index (χ2v) is 3.16. The molecule has 1 nitrogen and oxygen atoms in total. The van der Waals surface area contributed by atoms with E-state index in [9.17, 15) is 0 Å². The van der Waals surface area contributed by atoms with Crippen LogP contribution in [0.25, 0.3) is 0 Å². The molecule has 0 aromatic heterocycles. The molecule has 0 aliphatic rings. The fraction of sp³-hybridized carbons (Fsp3) is 0.333. The second kappa shape index (κ2) is 4.95. The molecule has 0 saturated heterocycles. The molecule has 46 valence electrons. The molecule has 0 spiro atoms. The van der Waals surface area contributed by atoms with Gasteiger partial charge < -0.3 is 0 Å². The third-order valence-electron chi connectivity index (χ3n) is 0.872. The Morgan fingerprint density at radius 1 is 1.44 bits per heavy atom. The Labute approximate surface area is 58.3 Å². The molecule has 1 N–H and O–H groups in total. The zero-order valence-corrected chi connectivity index (χ0v) is 6.72. The molecule has 0 bridgehead atoms. The first kappa shape index (κ1) is 9.12. The van der Waals surface area contributed by atoms with Crippen molar-refractivity contribution in [3.8, 4) is 12.3 Å². The molecule has 0 fully saturated rings. The number of aliphatic hydroxyl groups excluding tert-OH is 1. The van der Waals surface area contributed by atoms with Gasteiger partial charge in [0.1, 0.15) is 0 Å². The van der Waals surface area contributed by atoms with E-state index in [2.05, 4.69) is 6.58 Å². The van der Waals surface area contributed by atoms with Gasteiger partial charge in [0.25, 0.3) is 0 Å². The van der Waals surface area contributed by atoms with Gasteiger partial charge in [0.15, 0.2) is 0 Å². The van der Waals surface area contributed by atoms with Crippen LogP contribution in [0.4, 0.5) is 0 Å². The summed E-state index contributed by atoms with van der Waals surface area (Å²) >= 11 is 0. The summed E-state index contributed by atoms with van der Waals surface area (Å²) in [5.74, 6) is -0.575. The summed E-state index contributed by atoms with van der Waals surface area (Å²) in [6.07, 6.45) is 12.0. The number of hydrogen-bond donors (Lipinski definition) is 1. The zero-order chi connectivity index (χ0) is 7.28. The van der Waals surface area contributed by atoms with Gasteiger partial charge in [-0.25, -0.2) is 0 Å². The van der Waals surface area contributed by atoms with Crippen LogP contribution in [0.15, 0.2) is 12.7 Å². The number of aliphatic hydroxyl groups is 1. The fourth-order valence-corrected chi connectivity index (χ4v) is 1.38. The Morgan fingerprint density at radius 3 is 2.11 bits per heavy atom. The van der Waals surface area contributed by atoms with Crippen LogP contribution in [0.1, 0.15) is 0 Å². The molecular formula is C6H8OP2+2. The summed E-state index contributed by atoms with van der Waals surface area (Å²) in [6.45, 7) is 3.49. The molecule has 0 rings (SSSR count). The monoisotopic (exact) mass is 158 g/mol. The number of rotatable bonds is 2. The van der Waals surface area contributed by atoms with E-state index in [1.807, 2.05) is 0 Å². The Balaban J connectivity index is 4.02. The van der Waals surface area contributed by atoms with Crippen molar-refractivity contribution in [1.82, 2.24) is 0 Å². The molecule has 9 heavy (non-hydrogen) atoms. The molecule has 3 heteroatoms. The van der Waals surface area contributed by atoms with E-state index < -0.39 is 5.85 Å². The minimum atomic E-state index is -0.575. The minimum absolute atomic E-state index is 0.100. The summed E-state index contributed by atoms with van der Waals surface area (Å²) in [4.78, 5) is 0. The molecule has 0 aromatic carbocycles. The van der Waals surface area contributed by atoms with Crippen LogP contribution < -0.4 is 0 Å². The van der Waals surface area contributed by atoms with E-state index in [1.54, 1.807) is 6.08 Å². The molecule has 0 amide bonds. The Morgan fingerprint density at radius 2 is 2.00 bits per heavy atom. The van der Waals surface area contributed by atoms with Gasteiger partial charge >= 0.3 is 57.6 Å². The maximum atomic E-state index is 9.02. The van der Waals surface area contributed by atoms with Gasteiger partial charge in [-0.2, -0.15) is 0 Å². The van der Waals surface area contributed by atoms with Crippen LogP contribution in [0.2, 0.25) is 0 Å². The van der Waals surface area contributed by atoms with E-state index in [0.717, 1.165) is 0 Å². The van der Waals surface area contributed by atoms with Crippen LogP contribution in [0.3, 0.4) is 0 Å². The first-order valence-corrected chi connectivity index (χ1v) is 4.43. The summed E-state index contributed by atoms with van der Waals surface area (Å²) < 4.78 is 0. The Bertz CT molecular complexity index is 174. The van der Waals surface area contributed by atoms with Gasteiger partial charge in [-0.15, -0.1) is 0 Å². The van der Waals surface area contributed by atoms with Crippen molar-refractivity contribution in [1.29, 1.82) is 0 Å². The van der Waals surface area contributed by atoms with Crippen LogP contribution in [-0.2, 0) is 0 Å². The average molecular weight is 158 g/mol. The van der Waals surface area contributed by atoms with Gasteiger partial charge in [0.05, 0.1) is 0 Å². The van der Waals surface area contributed by atoms with Crippen molar-refractivity contribution in [2.45, 2.75) is 11.5 Å². The summed E-state index contributed by atoms with van der Waals surface area (Å²) in [7, 11) is 1.07. The van der Waals surface area contributed by atoms with Crippen LogP contribution in [0.5, 0.6) is 0 Å². The molecule has 0 saturated carbocycles. The fourth-order valence-electron chi connectivity index (χ4n) is 0.348. The van der Waals surface area contributed by atoms with Gasteiger partial charge in [0.2, 0.25) is 0 Å². The van der Waals surface area contributed by atoms with Crippen molar-refractivity contribution in [2.75, 3.05) is 0 Å².